The Morgan fingerprint density at radius 2 is 1.76 bits per heavy atom. The Kier molecular flexibility index (Phi) is 8.15. The first-order chi connectivity index (χ1) is 10.9. The van der Waals surface area contributed by atoms with E-state index in [4.69, 9.17) is 0 Å². The zero-order valence-corrected chi connectivity index (χ0v) is 15.5. The molecule has 9 heteroatoms. The lowest BCUT2D eigenvalue weighted by Gasteiger charge is -2.35. The standard InChI is InChI=1S/C16H16F4N2S.2ClH/c17-13-9-11(8-12(10-13)16(18,19)20)15(14-2-1-7-23-14)22-5-3-21-4-6-22;;/h1-2,7-10,15,21H,3-6H2;2*1H/t15-;;/m0../s1. The van der Waals surface area contributed by atoms with Crippen LogP contribution in [0.4, 0.5) is 17.6 Å². The number of nitrogens with zero attached hydrogens (tertiary/aromatic N) is 1. The monoisotopic (exact) mass is 416 g/mol. The van der Waals surface area contributed by atoms with Crippen LogP contribution in [0.15, 0.2) is 35.7 Å². The fourth-order valence-electron chi connectivity index (χ4n) is 2.88. The smallest absolute Gasteiger partial charge is 0.314 e. The molecule has 0 bridgehead atoms. The van der Waals surface area contributed by atoms with Gasteiger partial charge in [0.2, 0.25) is 0 Å². The largest absolute Gasteiger partial charge is 0.416 e. The summed E-state index contributed by atoms with van der Waals surface area (Å²) in [5.41, 5.74) is -0.592. The molecule has 1 atom stereocenters. The highest BCUT2D eigenvalue weighted by Crippen LogP contribution is 2.36. The summed E-state index contributed by atoms with van der Waals surface area (Å²) in [4.78, 5) is 3.02. The Hall–Kier alpha value is -0.860. The molecule has 0 spiro atoms. The van der Waals surface area contributed by atoms with Crippen LogP contribution in [0, 0.1) is 5.82 Å². The molecule has 1 N–H and O–H groups in total. The molecule has 1 aliphatic heterocycles. The van der Waals surface area contributed by atoms with Crippen molar-refractivity contribution in [1.29, 1.82) is 0 Å². The van der Waals surface area contributed by atoms with Crippen molar-refractivity contribution in [3.63, 3.8) is 0 Å². The minimum absolute atomic E-state index is 0. The number of piperazine rings is 1. The molecule has 1 fully saturated rings. The zero-order chi connectivity index (χ0) is 16.4. The Morgan fingerprint density at radius 1 is 1.08 bits per heavy atom. The third-order valence-electron chi connectivity index (χ3n) is 3.89. The van der Waals surface area contributed by atoms with E-state index in [0.29, 0.717) is 24.7 Å². The number of benzene rings is 1. The van der Waals surface area contributed by atoms with E-state index in [0.717, 1.165) is 24.0 Å². The first-order valence-electron chi connectivity index (χ1n) is 7.31. The number of hydrogen-bond donors (Lipinski definition) is 1. The predicted octanol–water partition coefficient (Wildman–Crippen LogP) is 4.74. The van der Waals surface area contributed by atoms with Gasteiger partial charge < -0.3 is 5.32 Å². The molecule has 140 valence electrons. The lowest BCUT2D eigenvalue weighted by atomic mass is 10.00. The quantitative estimate of drug-likeness (QED) is 0.726. The summed E-state index contributed by atoms with van der Waals surface area (Å²) in [6.07, 6.45) is -4.56. The predicted molar refractivity (Wildman–Crippen MR) is 96.5 cm³/mol. The van der Waals surface area contributed by atoms with Gasteiger partial charge in [0.1, 0.15) is 5.82 Å². The number of hydrogen-bond acceptors (Lipinski definition) is 3. The highest BCUT2D eigenvalue weighted by atomic mass is 35.5. The second-order valence-electron chi connectivity index (χ2n) is 5.47. The van der Waals surface area contributed by atoms with Crippen molar-refractivity contribution in [3.8, 4) is 0 Å². The lowest BCUT2D eigenvalue weighted by molar-refractivity contribution is -0.137. The molecule has 2 aromatic rings. The number of nitrogens with one attached hydrogen (secondary N) is 1. The lowest BCUT2D eigenvalue weighted by Crippen LogP contribution is -2.45. The normalized spacial score (nSPS) is 16.6. The van der Waals surface area contributed by atoms with Crippen molar-refractivity contribution in [1.82, 2.24) is 10.2 Å². The van der Waals surface area contributed by atoms with Crippen molar-refractivity contribution in [2.45, 2.75) is 12.2 Å². The molecule has 2 heterocycles. The molecule has 3 rings (SSSR count). The Labute approximate surface area is 160 Å². The molecule has 2 nitrogen and oxygen atoms in total. The van der Waals surface area contributed by atoms with E-state index >= 15 is 0 Å². The highest BCUT2D eigenvalue weighted by molar-refractivity contribution is 7.10. The van der Waals surface area contributed by atoms with Crippen molar-refractivity contribution in [2.75, 3.05) is 26.2 Å². The molecule has 1 aromatic heterocycles. The minimum Gasteiger partial charge on any atom is -0.314 e. The van der Waals surface area contributed by atoms with Crippen LogP contribution in [0.3, 0.4) is 0 Å². The molecule has 1 saturated heterocycles. The van der Waals surface area contributed by atoms with E-state index in [1.54, 1.807) is 0 Å². The van der Waals surface area contributed by atoms with Crippen molar-refractivity contribution < 1.29 is 17.6 Å². The van der Waals surface area contributed by atoms with Gasteiger partial charge in [-0.15, -0.1) is 36.2 Å². The Balaban J connectivity index is 0.00000156. The summed E-state index contributed by atoms with van der Waals surface area (Å²) >= 11 is 1.47. The first kappa shape index (κ1) is 22.2. The maximum Gasteiger partial charge on any atom is 0.416 e. The maximum atomic E-state index is 13.8. The van der Waals surface area contributed by atoms with Crippen LogP contribution in [0.25, 0.3) is 0 Å². The van der Waals surface area contributed by atoms with Gasteiger partial charge in [-0.1, -0.05) is 6.07 Å². The fourth-order valence-corrected chi connectivity index (χ4v) is 3.76. The topological polar surface area (TPSA) is 15.3 Å². The van der Waals surface area contributed by atoms with Gasteiger partial charge in [-0.25, -0.2) is 4.39 Å². The van der Waals surface area contributed by atoms with Crippen LogP contribution < -0.4 is 5.32 Å². The molecule has 0 aliphatic carbocycles. The van der Waals surface area contributed by atoms with Crippen LogP contribution in [0.5, 0.6) is 0 Å². The van der Waals surface area contributed by atoms with Gasteiger partial charge in [0.25, 0.3) is 0 Å². The molecular weight excluding hydrogens is 399 g/mol. The summed E-state index contributed by atoms with van der Waals surface area (Å²) in [6.45, 7) is 2.95. The zero-order valence-electron chi connectivity index (χ0n) is 13.1. The second-order valence-corrected chi connectivity index (χ2v) is 6.45. The molecular formula is C16H18Cl2F4N2S. The number of alkyl halides is 3. The highest BCUT2D eigenvalue weighted by Gasteiger charge is 2.33. The molecule has 0 saturated carbocycles. The summed E-state index contributed by atoms with van der Waals surface area (Å²) in [7, 11) is 0. The van der Waals surface area contributed by atoms with Crippen LogP contribution in [0.2, 0.25) is 0 Å². The van der Waals surface area contributed by atoms with E-state index in [1.807, 2.05) is 17.5 Å². The summed E-state index contributed by atoms with van der Waals surface area (Å²) < 4.78 is 52.8. The van der Waals surface area contributed by atoms with Gasteiger partial charge in [-0.3, -0.25) is 4.90 Å². The fraction of sp³-hybridized carbons (Fsp3) is 0.375. The van der Waals surface area contributed by atoms with Gasteiger partial charge in [0.05, 0.1) is 11.6 Å². The molecule has 0 amide bonds. The molecule has 0 unspecified atom stereocenters. The third kappa shape index (κ3) is 5.31. The molecule has 1 aromatic carbocycles. The van der Waals surface area contributed by atoms with E-state index in [-0.39, 0.29) is 30.9 Å². The summed E-state index contributed by atoms with van der Waals surface area (Å²) in [6, 6.07) is 6.22. The van der Waals surface area contributed by atoms with Crippen molar-refractivity contribution >= 4 is 36.2 Å². The third-order valence-corrected chi connectivity index (χ3v) is 4.82. The van der Waals surface area contributed by atoms with Gasteiger partial charge in [0, 0.05) is 31.1 Å². The molecule has 1 aliphatic rings. The van der Waals surface area contributed by atoms with E-state index < -0.39 is 17.6 Å². The number of rotatable bonds is 3. The van der Waals surface area contributed by atoms with E-state index in [2.05, 4.69) is 10.2 Å². The maximum absolute atomic E-state index is 13.8. The number of halogens is 6. The number of thiophene rings is 1. The Morgan fingerprint density at radius 3 is 2.32 bits per heavy atom. The Bertz CT molecular complexity index is 659. The van der Waals surface area contributed by atoms with Crippen molar-refractivity contribution in [2.24, 2.45) is 0 Å². The average molecular weight is 417 g/mol. The van der Waals surface area contributed by atoms with Crippen LogP contribution in [0.1, 0.15) is 22.0 Å². The van der Waals surface area contributed by atoms with E-state index in [1.165, 1.54) is 17.4 Å². The summed E-state index contributed by atoms with van der Waals surface area (Å²) in [5.74, 6) is -0.855. The minimum atomic E-state index is -4.56. The average Bonchev–Trinajstić information content (AvgIpc) is 3.01. The molecule has 25 heavy (non-hydrogen) atoms. The van der Waals surface area contributed by atoms with Crippen LogP contribution in [-0.2, 0) is 6.18 Å². The van der Waals surface area contributed by atoms with Gasteiger partial charge in [0.15, 0.2) is 0 Å². The van der Waals surface area contributed by atoms with Crippen molar-refractivity contribution in [3.05, 3.63) is 57.5 Å². The first-order valence-corrected chi connectivity index (χ1v) is 8.19. The van der Waals surface area contributed by atoms with Crippen LogP contribution >= 0.6 is 36.2 Å². The van der Waals surface area contributed by atoms with Gasteiger partial charge >= 0.3 is 6.18 Å². The second kappa shape index (κ2) is 9.19. The SMILES string of the molecule is Cl.Cl.Fc1cc([C@@H](c2cccs2)N2CCNCC2)cc(C(F)(F)F)c1. The van der Waals surface area contributed by atoms with E-state index in [9.17, 15) is 17.6 Å². The molecule has 0 radical (unpaired) electrons. The summed E-state index contributed by atoms with van der Waals surface area (Å²) in [5, 5.41) is 5.10. The van der Waals surface area contributed by atoms with Gasteiger partial charge in [-0.2, -0.15) is 13.2 Å². The van der Waals surface area contributed by atoms with Gasteiger partial charge in [-0.05, 0) is 35.2 Å². The van der Waals surface area contributed by atoms with Crippen LogP contribution in [-0.4, -0.2) is 31.1 Å².